The number of rotatable bonds is 8. The molecule has 1 aliphatic carbocycles. The van der Waals surface area contributed by atoms with Gasteiger partial charge in [-0.25, -0.2) is 4.98 Å². The molecule has 0 atom stereocenters. The lowest BCUT2D eigenvalue weighted by Gasteiger charge is -2.42. The minimum absolute atomic E-state index is 0. The quantitative estimate of drug-likeness (QED) is 0.314. The number of nitrogens with zero attached hydrogens (tertiary/aromatic N) is 4. The van der Waals surface area contributed by atoms with Gasteiger partial charge in [-0.1, -0.05) is 12.5 Å². The number of methoxy groups -OCH3 is 1. The molecule has 8 heteroatoms. The first-order chi connectivity index (χ1) is 13.7. The molecule has 3 rings (SSSR count). The van der Waals surface area contributed by atoms with Crippen LogP contribution < -0.4 is 15.5 Å². The number of aliphatic imine (C=N–C) groups is 1. The van der Waals surface area contributed by atoms with Crippen molar-refractivity contribution in [1.82, 2.24) is 20.5 Å². The van der Waals surface area contributed by atoms with Crippen molar-refractivity contribution in [3.8, 4) is 0 Å². The molecule has 1 saturated carbocycles. The number of hydrogen-bond donors (Lipinski definition) is 2. The van der Waals surface area contributed by atoms with E-state index in [0.29, 0.717) is 5.41 Å². The molecule has 1 aromatic rings. The Kier molecular flexibility index (Phi) is 9.91. The number of hydrogen-bond acceptors (Lipinski definition) is 5. The van der Waals surface area contributed by atoms with E-state index in [4.69, 9.17) is 4.74 Å². The van der Waals surface area contributed by atoms with Crippen LogP contribution in [0.5, 0.6) is 0 Å². The average Bonchev–Trinajstić information content (AvgIpc) is 2.70. The predicted molar refractivity (Wildman–Crippen MR) is 130 cm³/mol. The Bertz CT molecular complexity index is 644. The molecule has 1 aliphatic heterocycles. The molecule has 2 heterocycles. The Hall–Kier alpha value is -1.13. The minimum atomic E-state index is 0. The molecule has 0 radical (unpaired) electrons. The normalized spacial score (nSPS) is 19.3. The van der Waals surface area contributed by atoms with Crippen LogP contribution in [0, 0.1) is 5.41 Å². The van der Waals surface area contributed by atoms with E-state index in [2.05, 4.69) is 43.5 Å². The smallest absolute Gasteiger partial charge is 0.191 e. The fourth-order valence-corrected chi connectivity index (χ4v) is 4.05. The highest BCUT2D eigenvalue weighted by atomic mass is 127. The van der Waals surface area contributed by atoms with Crippen LogP contribution in [0.1, 0.15) is 31.2 Å². The maximum absolute atomic E-state index is 5.30. The summed E-state index contributed by atoms with van der Waals surface area (Å²) in [6, 6.07) is 4.17. The number of likely N-dealkylation sites (N-methyl/N-ethyl adjacent to an activating group) is 1. The van der Waals surface area contributed by atoms with Crippen LogP contribution in [-0.4, -0.2) is 76.4 Å². The number of pyridine rings is 1. The number of piperazine rings is 1. The standard InChI is InChI=1S/C21H36N6O.HI/c1-22-20(25-17-21(7-5-8-21)9-15-28-3)24-16-18-6-4-10-23-19(18)27-13-11-26(2)12-14-27;/h4,6,10H,5,7-9,11-17H2,1-3H3,(H2,22,24,25);1H. The van der Waals surface area contributed by atoms with Gasteiger partial charge in [0.2, 0.25) is 0 Å². The third-order valence-corrected chi connectivity index (χ3v) is 6.22. The van der Waals surface area contributed by atoms with E-state index in [1.807, 2.05) is 19.3 Å². The Morgan fingerprint density at radius 3 is 2.62 bits per heavy atom. The van der Waals surface area contributed by atoms with Gasteiger partial charge in [0.1, 0.15) is 5.82 Å². The van der Waals surface area contributed by atoms with Crippen LogP contribution in [0.4, 0.5) is 5.82 Å². The van der Waals surface area contributed by atoms with Crippen LogP contribution in [-0.2, 0) is 11.3 Å². The molecule has 1 saturated heterocycles. The van der Waals surface area contributed by atoms with Crippen molar-refractivity contribution < 1.29 is 4.74 Å². The van der Waals surface area contributed by atoms with Crippen LogP contribution in [0.25, 0.3) is 0 Å². The lowest BCUT2D eigenvalue weighted by Crippen LogP contribution is -2.47. The summed E-state index contributed by atoms with van der Waals surface area (Å²) < 4.78 is 5.30. The lowest BCUT2D eigenvalue weighted by molar-refractivity contribution is 0.0732. The summed E-state index contributed by atoms with van der Waals surface area (Å²) >= 11 is 0. The topological polar surface area (TPSA) is 65.0 Å². The second kappa shape index (κ2) is 11.9. The highest BCUT2D eigenvalue weighted by Crippen LogP contribution is 2.43. The third-order valence-electron chi connectivity index (χ3n) is 6.22. The zero-order chi connectivity index (χ0) is 19.8. The van der Waals surface area contributed by atoms with E-state index in [9.17, 15) is 0 Å². The second-order valence-electron chi connectivity index (χ2n) is 8.15. The SMILES string of the molecule is CN=C(NCc1cccnc1N1CCN(C)CC1)NCC1(CCOC)CCC1.I. The molecule has 7 nitrogen and oxygen atoms in total. The van der Waals surface area contributed by atoms with Crippen LogP contribution in [0.2, 0.25) is 0 Å². The summed E-state index contributed by atoms with van der Waals surface area (Å²) in [5.74, 6) is 1.95. The van der Waals surface area contributed by atoms with Crippen molar-refractivity contribution in [1.29, 1.82) is 0 Å². The van der Waals surface area contributed by atoms with Gasteiger partial charge in [0, 0.05) is 71.8 Å². The summed E-state index contributed by atoms with van der Waals surface area (Å²) in [6.45, 7) is 6.71. The molecule has 2 aliphatic rings. The molecule has 0 aromatic carbocycles. The van der Waals surface area contributed by atoms with Crippen molar-refractivity contribution in [2.24, 2.45) is 10.4 Å². The fraction of sp³-hybridized carbons (Fsp3) is 0.714. The summed E-state index contributed by atoms with van der Waals surface area (Å²) in [5, 5.41) is 7.02. The second-order valence-corrected chi connectivity index (χ2v) is 8.15. The number of anilines is 1. The van der Waals surface area contributed by atoms with Crippen molar-refractivity contribution in [2.75, 3.05) is 65.4 Å². The molecule has 2 fully saturated rings. The molecule has 0 spiro atoms. The molecule has 2 N–H and O–H groups in total. The number of ether oxygens (including phenoxy) is 1. The molecule has 164 valence electrons. The van der Waals surface area contributed by atoms with Crippen LogP contribution >= 0.6 is 24.0 Å². The summed E-state index contributed by atoms with van der Waals surface area (Å²) in [5.41, 5.74) is 1.58. The number of halogens is 1. The maximum atomic E-state index is 5.30. The van der Waals surface area contributed by atoms with Gasteiger partial charge in [0.25, 0.3) is 0 Å². The highest BCUT2D eigenvalue weighted by molar-refractivity contribution is 14.0. The highest BCUT2D eigenvalue weighted by Gasteiger charge is 2.36. The third kappa shape index (κ3) is 6.68. The van der Waals surface area contributed by atoms with Crippen molar-refractivity contribution >= 4 is 35.8 Å². The zero-order valence-electron chi connectivity index (χ0n) is 18.1. The molecule has 29 heavy (non-hydrogen) atoms. The Morgan fingerprint density at radius 1 is 1.24 bits per heavy atom. The van der Waals surface area contributed by atoms with E-state index < -0.39 is 0 Å². The zero-order valence-corrected chi connectivity index (χ0v) is 20.4. The van der Waals surface area contributed by atoms with Crippen molar-refractivity contribution in [3.63, 3.8) is 0 Å². The van der Waals surface area contributed by atoms with Gasteiger partial charge in [-0.15, -0.1) is 24.0 Å². The Morgan fingerprint density at radius 2 is 2.00 bits per heavy atom. The Labute approximate surface area is 192 Å². The lowest BCUT2D eigenvalue weighted by atomic mass is 9.67. The molecular weight excluding hydrogens is 479 g/mol. The van der Waals surface area contributed by atoms with Crippen molar-refractivity contribution in [3.05, 3.63) is 23.9 Å². The van der Waals surface area contributed by atoms with Gasteiger partial charge < -0.3 is 25.2 Å². The first-order valence-corrected chi connectivity index (χ1v) is 10.5. The van der Waals surface area contributed by atoms with Gasteiger partial charge in [-0.3, -0.25) is 4.99 Å². The fourth-order valence-electron chi connectivity index (χ4n) is 4.05. The minimum Gasteiger partial charge on any atom is -0.385 e. The van der Waals surface area contributed by atoms with E-state index in [1.54, 1.807) is 7.11 Å². The van der Waals surface area contributed by atoms with E-state index in [0.717, 1.165) is 64.1 Å². The van der Waals surface area contributed by atoms with E-state index >= 15 is 0 Å². The van der Waals surface area contributed by atoms with Crippen LogP contribution in [0.3, 0.4) is 0 Å². The molecule has 1 aromatic heterocycles. The van der Waals surface area contributed by atoms with Gasteiger partial charge >= 0.3 is 0 Å². The predicted octanol–water partition coefficient (Wildman–Crippen LogP) is 2.32. The van der Waals surface area contributed by atoms with E-state index in [1.165, 1.54) is 24.8 Å². The first-order valence-electron chi connectivity index (χ1n) is 10.5. The van der Waals surface area contributed by atoms with Gasteiger partial charge in [0.05, 0.1) is 0 Å². The summed E-state index contributed by atoms with van der Waals surface area (Å²) in [6.07, 6.45) is 6.87. The Balaban J connectivity index is 0.00000300. The summed E-state index contributed by atoms with van der Waals surface area (Å²) in [7, 11) is 5.80. The average molecular weight is 516 g/mol. The largest absolute Gasteiger partial charge is 0.385 e. The summed E-state index contributed by atoms with van der Waals surface area (Å²) in [4.78, 5) is 13.8. The van der Waals surface area contributed by atoms with Gasteiger partial charge in [-0.05, 0) is 37.8 Å². The molecular formula is C21H37IN6O. The van der Waals surface area contributed by atoms with Crippen molar-refractivity contribution in [2.45, 2.75) is 32.2 Å². The van der Waals surface area contributed by atoms with Crippen LogP contribution in [0.15, 0.2) is 23.3 Å². The number of guanidine groups is 1. The molecule has 0 unspecified atom stereocenters. The number of nitrogens with one attached hydrogen (secondary N) is 2. The van der Waals surface area contributed by atoms with Gasteiger partial charge in [0.15, 0.2) is 5.96 Å². The molecule has 0 amide bonds. The van der Waals surface area contributed by atoms with E-state index in [-0.39, 0.29) is 24.0 Å². The maximum Gasteiger partial charge on any atom is 0.191 e. The van der Waals surface area contributed by atoms with Gasteiger partial charge in [-0.2, -0.15) is 0 Å². The monoisotopic (exact) mass is 516 g/mol. The molecule has 0 bridgehead atoms. The first kappa shape index (κ1) is 24.1. The number of aromatic nitrogens is 1.